The molecule has 1 aliphatic heterocycles. The molecule has 4 nitrogen and oxygen atoms in total. The van der Waals surface area contributed by atoms with Crippen molar-refractivity contribution >= 4 is 17.7 Å². The van der Waals surface area contributed by atoms with Crippen LogP contribution < -0.4 is 0 Å². The Bertz CT molecular complexity index is 360. The van der Waals surface area contributed by atoms with Crippen LogP contribution >= 0.6 is 0 Å². The van der Waals surface area contributed by atoms with Gasteiger partial charge in [0, 0.05) is 12.3 Å². The van der Waals surface area contributed by atoms with Crippen LogP contribution in [0.5, 0.6) is 0 Å². The molecule has 15 heavy (non-hydrogen) atoms. The number of esters is 2. The summed E-state index contributed by atoms with van der Waals surface area (Å²) in [5.74, 6) is -1.53. The first-order valence-electron chi connectivity index (χ1n) is 5.46. The van der Waals surface area contributed by atoms with E-state index in [1.807, 2.05) is 0 Å². The summed E-state index contributed by atoms with van der Waals surface area (Å²) in [5, 5.41) is 0. The average Bonchev–Trinajstić information content (AvgIpc) is 2.39. The molecule has 3 saturated carbocycles. The van der Waals surface area contributed by atoms with Crippen LogP contribution in [0.4, 0.5) is 0 Å². The normalized spacial score (nSPS) is 43.9. The molecule has 4 atom stereocenters. The lowest BCUT2D eigenvalue weighted by atomic mass is 9.69. The zero-order chi connectivity index (χ0) is 10.6. The molecule has 4 heteroatoms. The minimum absolute atomic E-state index is 0.150. The minimum atomic E-state index is -0.463. The van der Waals surface area contributed by atoms with Crippen LogP contribution in [0, 0.1) is 23.7 Å². The number of hydrogen-bond donors (Lipinski definition) is 0. The predicted octanol–water partition coefficient (Wildman–Crippen LogP) is 0.691. The molecule has 4 fully saturated rings. The van der Waals surface area contributed by atoms with Crippen molar-refractivity contribution in [3.63, 3.8) is 0 Å². The highest BCUT2D eigenvalue weighted by Crippen LogP contribution is 2.49. The molecule has 1 heterocycles. The standard InChI is InChI=1S/C11H12O4/c12-7-4-2-5-1-3-6(7)9-8(5)10(13)15-11(9)14/h5-6,8-9H,1-4H2/t5-,6+,8+,9+/m0/s1. The third kappa shape index (κ3) is 1.10. The Morgan fingerprint density at radius 2 is 1.67 bits per heavy atom. The molecule has 4 rings (SSSR count). The Morgan fingerprint density at radius 1 is 0.933 bits per heavy atom. The summed E-state index contributed by atoms with van der Waals surface area (Å²) in [6, 6.07) is 0. The quantitative estimate of drug-likeness (QED) is 0.434. The van der Waals surface area contributed by atoms with Gasteiger partial charge in [-0.3, -0.25) is 14.4 Å². The third-order valence-electron chi connectivity index (χ3n) is 4.10. The van der Waals surface area contributed by atoms with Gasteiger partial charge in [-0.1, -0.05) is 0 Å². The fourth-order valence-electron chi connectivity index (χ4n) is 3.38. The molecule has 0 N–H and O–H groups in total. The van der Waals surface area contributed by atoms with Gasteiger partial charge in [-0.25, -0.2) is 0 Å². The number of carbonyl (C=O) groups excluding carboxylic acids is 3. The van der Waals surface area contributed by atoms with Crippen LogP contribution in [0.1, 0.15) is 25.7 Å². The van der Waals surface area contributed by atoms with Crippen molar-refractivity contribution in [3.8, 4) is 0 Å². The highest BCUT2D eigenvalue weighted by Gasteiger charge is 2.57. The summed E-state index contributed by atoms with van der Waals surface area (Å²) in [6.07, 6.45) is 2.93. The summed E-state index contributed by atoms with van der Waals surface area (Å²) < 4.78 is 4.66. The van der Waals surface area contributed by atoms with Crippen molar-refractivity contribution in [2.45, 2.75) is 25.7 Å². The lowest BCUT2D eigenvalue weighted by Gasteiger charge is -2.30. The van der Waals surface area contributed by atoms with E-state index in [4.69, 9.17) is 0 Å². The van der Waals surface area contributed by atoms with E-state index >= 15 is 0 Å². The average molecular weight is 208 g/mol. The number of ether oxygens (including phenoxy) is 1. The Kier molecular flexibility index (Phi) is 1.75. The molecular formula is C11H12O4. The molecular weight excluding hydrogens is 196 g/mol. The number of rotatable bonds is 0. The van der Waals surface area contributed by atoms with Crippen molar-refractivity contribution in [1.29, 1.82) is 0 Å². The van der Waals surface area contributed by atoms with Crippen LogP contribution in [0.15, 0.2) is 0 Å². The molecule has 0 aromatic heterocycles. The fourth-order valence-corrected chi connectivity index (χ4v) is 3.38. The van der Waals surface area contributed by atoms with Crippen LogP contribution in [-0.2, 0) is 19.1 Å². The number of ketones is 1. The van der Waals surface area contributed by atoms with E-state index in [-0.39, 0.29) is 23.5 Å². The number of fused-ring (bicyclic) bond motifs is 3. The molecule has 80 valence electrons. The van der Waals surface area contributed by atoms with Crippen LogP contribution in [-0.4, -0.2) is 17.7 Å². The Hall–Kier alpha value is -1.19. The maximum absolute atomic E-state index is 11.7. The van der Waals surface area contributed by atoms with Gasteiger partial charge < -0.3 is 4.74 Å². The maximum Gasteiger partial charge on any atom is 0.318 e. The van der Waals surface area contributed by atoms with Crippen molar-refractivity contribution in [3.05, 3.63) is 0 Å². The van der Waals surface area contributed by atoms with Gasteiger partial charge in [0.15, 0.2) is 0 Å². The summed E-state index contributed by atoms with van der Waals surface area (Å²) in [4.78, 5) is 34.8. The van der Waals surface area contributed by atoms with Crippen LogP contribution in [0.3, 0.4) is 0 Å². The van der Waals surface area contributed by atoms with E-state index in [0.717, 1.165) is 19.3 Å². The molecule has 0 radical (unpaired) electrons. The van der Waals surface area contributed by atoms with Crippen LogP contribution in [0.2, 0.25) is 0 Å². The first-order chi connectivity index (χ1) is 7.18. The molecule has 0 unspecified atom stereocenters. The molecule has 0 aromatic carbocycles. The van der Waals surface area contributed by atoms with E-state index < -0.39 is 17.9 Å². The van der Waals surface area contributed by atoms with E-state index in [1.54, 1.807) is 0 Å². The van der Waals surface area contributed by atoms with E-state index in [1.165, 1.54) is 0 Å². The number of carbonyl (C=O) groups is 3. The van der Waals surface area contributed by atoms with Gasteiger partial charge in [-0.15, -0.1) is 0 Å². The second-order valence-corrected chi connectivity index (χ2v) is 4.74. The summed E-state index contributed by atoms with van der Waals surface area (Å²) in [6.45, 7) is 0. The summed E-state index contributed by atoms with van der Waals surface area (Å²) in [5.41, 5.74) is 0. The van der Waals surface area contributed by atoms with Crippen LogP contribution in [0.25, 0.3) is 0 Å². The highest BCUT2D eigenvalue weighted by molar-refractivity contribution is 6.00. The van der Waals surface area contributed by atoms with Gasteiger partial charge in [0.05, 0.1) is 11.8 Å². The number of hydrogen-bond acceptors (Lipinski definition) is 4. The lowest BCUT2D eigenvalue weighted by molar-refractivity contribution is -0.155. The van der Waals surface area contributed by atoms with Gasteiger partial charge in [0.2, 0.25) is 0 Å². The topological polar surface area (TPSA) is 60.4 Å². The second kappa shape index (κ2) is 2.90. The monoisotopic (exact) mass is 208 g/mol. The Labute approximate surface area is 87.0 Å². The zero-order valence-corrected chi connectivity index (χ0v) is 8.27. The van der Waals surface area contributed by atoms with Crippen molar-refractivity contribution in [2.24, 2.45) is 23.7 Å². The molecule has 1 saturated heterocycles. The third-order valence-corrected chi connectivity index (χ3v) is 4.10. The van der Waals surface area contributed by atoms with Gasteiger partial charge in [-0.05, 0) is 25.2 Å². The predicted molar refractivity (Wildman–Crippen MR) is 48.5 cm³/mol. The maximum atomic E-state index is 11.7. The van der Waals surface area contributed by atoms with E-state index in [9.17, 15) is 14.4 Å². The molecule has 0 aromatic rings. The van der Waals surface area contributed by atoms with Gasteiger partial charge in [0.25, 0.3) is 0 Å². The fraction of sp³-hybridized carbons (Fsp3) is 0.727. The smallest absolute Gasteiger partial charge is 0.318 e. The molecule has 0 spiro atoms. The molecule has 2 bridgehead atoms. The minimum Gasteiger partial charge on any atom is -0.393 e. The SMILES string of the molecule is O=C1OC(=O)[C@H]2[C@H]1[C@@H]1CCC(=O)[C@H]2CC1. The first kappa shape index (κ1) is 9.07. The largest absolute Gasteiger partial charge is 0.393 e. The van der Waals surface area contributed by atoms with Gasteiger partial charge in [-0.2, -0.15) is 0 Å². The van der Waals surface area contributed by atoms with Gasteiger partial charge >= 0.3 is 11.9 Å². The lowest BCUT2D eigenvalue weighted by Crippen LogP contribution is -2.36. The van der Waals surface area contributed by atoms with Crippen molar-refractivity contribution in [1.82, 2.24) is 0 Å². The first-order valence-corrected chi connectivity index (χ1v) is 5.46. The highest BCUT2D eigenvalue weighted by atomic mass is 16.6. The van der Waals surface area contributed by atoms with Crippen molar-refractivity contribution in [2.75, 3.05) is 0 Å². The Morgan fingerprint density at radius 3 is 2.47 bits per heavy atom. The Balaban J connectivity index is 2.05. The zero-order valence-electron chi connectivity index (χ0n) is 8.27. The number of Topliss-reactive ketones (excluding diaryl/α,β-unsaturated/α-hetero) is 1. The summed E-state index contributed by atoms with van der Waals surface area (Å²) in [7, 11) is 0. The van der Waals surface area contributed by atoms with Crippen molar-refractivity contribution < 1.29 is 19.1 Å². The van der Waals surface area contributed by atoms with Gasteiger partial charge in [0.1, 0.15) is 5.78 Å². The molecule has 4 aliphatic rings. The second-order valence-electron chi connectivity index (χ2n) is 4.74. The summed E-state index contributed by atoms with van der Waals surface area (Å²) >= 11 is 0. The number of cyclic esters (lactones) is 2. The molecule has 3 aliphatic carbocycles. The molecule has 0 amide bonds. The van der Waals surface area contributed by atoms with E-state index in [2.05, 4.69) is 4.74 Å². The van der Waals surface area contributed by atoms with E-state index in [0.29, 0.717) is 6.42 Å².